The predicted molar refractivity (Wildman–Crippen MR) is 94.4 cm³/mol. The summed E-state index contributed by atoms with van der Waals surface area (Å²) in [5.41, 5.74) is 4.12. The Kier molecular flexibility index (Phi) is 5.00. The highest BCUT2D eigenvalue weighted by Crippen LogP contribution is 2.21. The van der Waals surface area contributed by atoms with Gasteiger partial charge < -0.3 is 9.72 Å². The van der Waals surface area contributed by atoms with Crippen molar-refractivity contribution in [2.45, 2.75) is 46.6 Å². The molecule has 0 atom stereocenters. The highest BCUT2D eigenvalue weighted by atomic mass is 16.5. The molecule has 5 heteroatoms. The van der Waals surface area contributed by atoms with Crippen molar-refractivity contribution < 1.29 is 4.74 Å². The summed E-state index contributed by atoms with van der Waals surface area (Å²) in [5, 5.41) is 0. The quantitative estimate of drug-likeness (QED) is 0.917. The summed E-state index contributed by atoms with van der Waals surface area (Å²) in [4.78, 5) is 22.0. The Labute approximate surface area is 142 Å². The van der Waals surface area contributed by atoms with Crippen molar-refractivity contribution in [1.29, 1.82) is 0 Å². The molecule has 2 heterocycles. The van der Waals surface area contributed by atoms with Gasteiger partial charge >= 0.3 is 0 Å². The van der Waals surface area contributed by atoms with Gasteiger partial charge in [-0.25, -0.2) is 4.98 Å². The van der Waals surface area contributed by atoms with Gasteiger partial charge in [-0.05, 0) is 37.5 Å². The van der Waals surface area contributed by atoms with E-state index < -0.39 is 0 Å². The summed E-state index contributed by atoms with van der Waals surface area (Å²) in [5.74, 6) is 1.72. The molecule has 1 N–H and O–H groups in total. The molecule has 1 aliphatic rings. The molecule has 0 amide bonds. The molecule has 5 nitrogen and oxygen atoms in total. The fourth-order valence-corrected chi connectivity index (χ4v) is 3.04. The van der Waals surface area contributed by atoms with Crippen LogP contribution in [0.2, 0.25) is 0 Å². The molecule has 0 fully saturated rings. The third kappa shape index (κ3) is 3.51. The second kappa shape index (κ2) is 7.18. The van der Waals surface area contributed by atoms with Crippen molar-refractivity contribution in [2.75, 3.05) is 13.3 Å². The topological polar surface area (TPSA) is 58.2 Å². The van der Waals surface area contributed by atoms with Crippen molar-refractivity contribution in [1.82, 2.24) is 14.9 Å². The fourth-order valence-electron chi connectivity index (χ4n) is 3.04. The molecular formula is C19H25N3O2. The number of aromatic amines is 1. The lowest BCUT2D eigenvalue weighted by Crippen LogP contribution is -2.38. The molecule has 128 valence electrons. The molecule has 0 saturated carbocycles. The van der Waals surface area contributed by atoms with Crippen LogP contribution in [0.1, 0.15) is 41.6 Å². The van der Waals surface area contributed by atoms with E-state index in [2.05, 4.69) is 41.7 Å². The third-order valence-electron chi connectivity index (χ3n) is 4.64. The Bertz CT molecular complexity index is 783. The van der Waals surface area contributed by atoms with Gasteiger partial charge in [0.25, 0.3) is 5.56 Å². The van der Waals surface area contributed by atoms with E-state index in [0.29, 0.717) is 13.3 Å². The van der Waals surface area contributed by atoms with E-state index in [0.717, 1.165) is 48.6 Å². The number of H-pyrrole nitrogens is 1. The molecular weight excluding hydrogens is 302 g/mol. The van der Waals surface area contributed by atoms with E-state index in [1.807, 2.05) is 12.1 Å². The number of hydrogen-bond acceptors (Lipinski definition) is 4. The molecule has 3 rings (SSSR count). The molecule has 1 aromatic heterocycles. The molecule has 0 unspecified atom stereocenters. The minimum absolute atomic E-state index is 0.000105. The van der Waals surface area contributed by atoms with Crippen LogP contribution in [-0.4, -0.2) is 28.1 Å². The first kappa shape index (κ1) is 16.7. The lowest BCUT2D eigenvalue weighted by Gasteiger charge is -2.27. The van der Waals surface area contributed by atoms with Gasteiger partial charge in [-0.15, -0.1) is 0 Å². The minimum atomic E-state index is -0.000105. The third-order valence-corrected chi connectivity index (χ3v) is 4.64. The maximum absolute atomic E-state index is 12.3. The molecule has 0 saturated heterocycles. The lowest BCUT2D eigenvalue weighted by atomic mass is 10.1. The number of nitrogens with one attached hydrogen (secondary N) is 1. The van der Waals surface area contributed by atoms with Crippen LogP contribution in [0.4, 0.5) is 0 Å². The van der Waals surface area contributed by atoms with Crippen LogP contribution in [0.15, 0.2) is 23.0 Å². The average Bonchev–Trinajstić information content (AvgIpc) is 2.57. The van der Waals surface area contributed by atoms with Gasteiger partial charge in [-0.1, -0.05) is 19.1 Å². The number of rotatable bonds is 5. The fraction of sp³-hybridized carbons (Fsp3) is 0.474. The summed E-state index contributed by atoms with van der Waals surface area (Å²) in [6, 6.07) is 6.08. The largest absolute Gasteiger partial charge is 0.478 e. The van der Waals surface area contributed by atoms with Gasteiger partial charge in [0.05, 0.1) is 11.3 Å². The molecule has 0 bridgehead atoms. The van der Waals surface area contributed by atoms with Crippen LogP contribution in [0.3, 0.4) is 0 Å². The number of ether oxygens (including phenoxy) is 1. The van der Waals surface area contributed by atoms with Crippen LogP contribution in [0, 0.1) is 13.8 Å². The predicted octanol–water partition coefficient (Wildman–Crippen LogP) is 2.73. The van der Waals surface area contributed by atoms with E-state index in [1.165, 1.54) is 11.1 Å². The zero-order valence-corrected chi connectivity index (χ0v) is 14.7. The van der Waals surface area contributed by atoms with Crippen LogP contribution < -0.4 is 10.3 Å². The van der Waals surface area contributed by atoms with Crippen molar-refractivity contribution >= 4 is 0 Å². The summed E-state index contributed by atoms with van der Waals surface area (Å²) >= 11 is 0. The Morgan fingerprint density at radius 2 is 2.17 bits per heavy atom. The first-order chi connectivity index (χ1) is 11.6. The standard InChI is InChI=1S/C19H25N3O2/c1-4-6-18-20-16-9-10-22(11-15(16)19(23)21-18)12-24-17-8-5-7-13(2)14(17)3/h5,7-8H,4,6,9-12H2,1-3H3,(H,20,21,23). The van der Waals surface area contributed by atoms with E-state index >= 15 is 0 Å². The van der Waals surface area contributed by atoms with Gasteiger partial charge in [0.1, 0.15) is 18.3 Å². The van der Waals surface area contributed by atoms with Crippen molar-refractivity contribution in [3.8, 4) is 5.75 Å². The van der Waals surface area contributed by atoms with Crippen molar-refractivity contribution in [3.63, 3.8) is 0 Å². The van der Waals surface area contributed by atoms with Gasteiger partial charge in [0.15, 0.2) is 0 Å². The van der Waals surface area contributed by atoms with E-state index in [9.17, 15) is 4.79 Å². The Morgan fingerprint density at radius 3 is 2.96 bits per heavy atom. The normalized spacial score (nSPS) is 14.5. The maximum Gasteiger partial charge on any atom is 0.255 e. The maximum atomic E-state index is 12.3. The van der Waals surface area contributed by atoms with Crippen LogP contribution in [0.5, 0.6) is 5.75 Å². The zero-order valence-electron chi connectivity index (χ0n) is 14.7. The highest BCUT2D eigenvalue weighted by molar-refractivity contribution is 5.38. The first-order valence-electron chi connectivity index (χ1n) is 8.60. The number of nitrogens with zero attached hydrogens (tertiary/aromatic N) is 2. The second-order valence-electron chi connectivity index (χ2n) is 6.46. The number of aryl methyl sites for hydroxylation is 2. The van der Waals surface area contributed by atoms with Gasteiger partial charge in [0.2, 0.25) is 0 Å². The first-order valence-corrected chi connectivity index (χ1v) is 8.60. The second-order valence-corrected chi connectivity index (χ2v) is 6.46. The Morgan fingerprint density at radius 1 is 1.33 bits per heavy atom. The van der Waals surface area contributed by atoms with Gasteiger partial charge in [-0.2, -0.15) is 0 Å². The Hall–Kier alpha value is -2.14. The van der Waals surface area contributed by atoms with Crippen LogP contribution in [0.25, 0.3) is 0 Å². The number of aromatic nitrogens is 2. The monoisotopic (exact) mass is 327 g/mol. The zero-order chi connectivity index (χ0) is 17.1. The van der Waals surface area contributed by atoms with Gasteiger partial charge in [0, 0.05) is 25.9 Å². The number of fused-ring (bicyclic) bond motifs is 1. The molecule has 2 aromatic rings. The SMILES string of the molecule is CCCc1nc2c(c(=O)[nH]1)CN(COc1cccc(C)c1C)CC2. The summed E-state index contributed by atoms with van der Waals surface area (Å²) in [6.07, 6.45) is 2.60. The number of hydrogen-bond donors (Lipinski definition) is 1. The highest BCUT2D eigenvalue weighted by Gasteiger charge is 2.21. The molecule has 0 aliphatic carbocycles. The molecule has 24 heavy (non-hydrogen) atoms. The van der Waals surface area contributed by atoms with Crippen LogP contribution >= 0.6 is 0 Å². The lowest BCUT2D eigenvalue weighted by molar-refractivity contribution is 0.112. The average molecular weight is 327 g/mol. The molecule has 0 spiro atoms. The minimum Gasteiger partial charge on any atom is -0.478 e. The molecule has 1 aliphatic heterocycles. The van der Waals surface area contributed by atoms with Gasteiger partial charge in [-0.3, -0.25) is 9.69 Å². The van der Waals surface area contributed by atoms with Crippen molar-refractivity contribution in [3.05, 3.63) is 56.8 Å². The van der Waals surface area contributed by atoms with Crippen molar-refractivity contribution in [2.24, 2.45) is 0 Å². The summed E-state index contributed by atoms with van der Waals surface area (Å²) in [6.45, 7) is 8.18. The van der Waals surface area contributed by atoms with Crippen LogP contribution in [-0.2, 0) is 19.4 Å². The van der Waals surface area contributed by atoms with E-state index in [-0.39, 0.29) is 5.56 Å². The Balaban J connectivity index is 1.69. The smallest absolute Gasteiger partial charge is 0.255 e. The van der Waals surface area contributed by atoms with E-state index in [1.54, 1.807) is 0 Å². The summed E-state index contributed by atoms with van der Waals surface area (Å²) < 4.78 is 5.97. The molecule has 1 aromatic carbocycles. The van der Waals surface area contributed by atoms with E-state index in [4.69, 9.17) is 4.74 Å². The number of benzene rings is 1. The summed E-state index contributed by atoms with van der Waals surface area (Å²) in [7, 11) is 0. The molecule has 0 radical (unpaired) electrons.